The van der Waals surface area contributed by atoms with Gasteiger partial charge in [-0.05, 0) is 78.6 Å². The molecule has 0 atom stereocenters. The molecule has 0 unspecified atom stereocenters. The normalized spacial score (nSPS) is 13.4. The van der Waals surface area contributed by atoms with Crippen LogP contribution in [0.25, 0.3) is 17.2 Å². The second kappa shape index (κ2) is 9.32. The maximum Gasteiger partial charge on any atom is 0.143 e. The highest BCUT2D eigenvalue weighted by atomic mass is 16.1. The van der Waals surface area contributed by atoms with Crippen LogP contribution in [0.3, 0.4) is 0 Å². The SMILES string of the molecule is CC(/C=C/C=C(C)/C=C/c1cc(C)c2cc(C(C)C)ccc(C)c1-2)=C\C=O. The molecule has 1 heteroatoms. The zero-order chi connectivity index (χ0) is 20.0. The average Bonchev–Trinajstić information content (AvgIpc) is 2.79. The van der Waals surface area contributed by atoms with Gasteiger partial charge in [-0.25, -0.2) is 0 Å². The maximum absolute atomic E-state index is 10.5. The number of aryl methyl sites for hydroxylation is 2. The first-order valence-electron chi connectivity index (χ1n) is 9.52. The van der Waals surface area contributed by atoms with Gasteiger partial charge in [-0.15, -0.1) is 0 Å². The van der Waals surface area contributed by atoms with Gasteiger partial charge in [0, 0.05) is 0 Å². The number of carbonyl (C=O) groups excluding carboxylic acids is 1. The number of carbonyl (C=O) groups is 1. The van der Waals surface area contributed by atoms with Crippen molar-refractivity contribution in [1.29, 1.82) is 0 Å². The smallest absolute Gasteiger partial charge is 0.143 e. The lowest BCUT2D eigenvalue weighted by Gasteiger charge is -2.04. The highest BCUT2D eigenvalue weighted by Crippen LogP contribution is 2.36. The maximum atomic E-state index is 10.5. The fraction of sp³-hybridized carbons (Fsp3) is 0.269. The molecule has 140 valence electrons. The van der Waals surface area contributed by atoms with E-state index in [2.05, 4.69) is 77.1 Å². The molecule has 0 bridgehead atoms. The summed E-state index contributed by atoms with van der Waals surface area (Å²) in [5.41, 5.74) is 10.1. The summed E-state index contributed by atoms with van der Waals surface area (Å²) in [6, 6.07) is 9.10. The van der Waals surface area contributed by atoms with Crippen LogP contribution in [0.4, 0.5) is 0 Å². The van der Waals surface area contributed by atoms with Gasteiger partial charge in [-0.3, -0.25) is 4.79 Å². The molecule has 2 aliphatic rings. The fourth-order valence-corrected chi connectivity index (χ4v) is 3.16. The largest absolute Gasteiger partial charge is 0.299 e. The number of allylic oxidation sites excluding steroid dienone is 7. The van der Waals surface area contributed by atoms with E-state index in [1.807, 2.05) is 19.1 Å². The summed E-state index contributed by atoms with van der Waals surface area (Å²) < 4.78 is 0. The summed E-state index contributed by atoms with van der Waals surface area (Å²) in [7, 11) is 0. The Balaban J connectivity index is 2.34. The third-order valence-corrected chi connectivity index (χ3v) is 4.83. The highest BCUT2D eigenvalue weighted by molar-refractivity contribution is 5.84. The molecule has 0 radical (unpaired) electrons. The molecule has 0 N–H and O–H groups in total. The van der Waals surface area contributed by atoms with Crippen LogP contribution in [0.5, 0.6) is 0 Å². The number of hydrogen-bond donors (Lipinski definition) is 0. The Hall–Kier alpha value is -2.67. The summed E-state index contributed by atoms with van der Waals surface area (Å²) in [5, 5.41) is 0. The fourth-order valence-electron chi connectivity index (χ4n) is 3.16. The molecule has 0 saturated carbocycles. The van der Waals surface area contributed by atoms with Crippen molar-refractivity contribution >= 4 is 12.4 Å². The number of fused-ring (bicyclic) bond motifs is 1. The molecule has 0 saturated heterocycles. The van der Waals surface area contributed by atoms with E-state index in [9.17, 15) is 4.79 Å². The summed E-state index contributed by atoms with van der Waals surface area (Å²) in [6.45, 7) is 12.9. The van der Waals surface area contributed by atoms with Crippen molar-refractivity contribution in [2.75, 3.05) is 0 Å². The van der Waals surface area contributed by atoms with Crippen molar-refractivity contribution in [3.8, 4) is 11.1 Å². The second-order valence-corrected chi connectivity index (χ2v) is 7.54. The first-order chi connectivity index (χ1) is 12.8. The summed E-state index contributed by atoms with van der Waals surface area (Å²) in [6.07, 6.45) is 12.7. The lowest BCUT2D eigenvalue weighted by Crippen LogP contribution is -1.84. The van der Waals surface area contributed by atoms with E-state index in [4.69, 9.17) is 0 Å². The number of hydrogen-bond acceptors (Lipinski definition) is 1. The molecular weight excluding hydrogens is 328 g/mol. The van der Waals surface area contributed by atoms with Crippen LogP contribution in [-0.2, 0) is 4.79 Å². The molecule has 0 amide bonds. The van der Waals surface area contributed by atoms with Gasteiger partial charge in [-0.2, -0.15) is 0 Å². The molecule has 1 nitrogen and oxygen atoms in total. The monoisotopic (exact) mass is 358 g/mol. The molecule has 27 heavy (non-hydrogen) atoms. The first-order valence-corrected chi connectivity index (χ1v) is 9.52. The Morgan fingerprint density at radius 2 is 1.63 bits per heavy atom. The van der Waals surface area contributed by atoms with Crippen molar-refractivity contribution in [1.82, 2.24) is 0 Å². The van der Waals surface area contributed by atoms with Gasteiger partial charge < -0.3 is 0 Å². The van der Waals surface area contributed by atoms with Crippen LogP contribution in [0.2, 0.25) is 0 Å². The third-order valence-electron chi connectivity index (χ3n) is 4.83. The van der Waals surface area contributed by atoms with Gasteiger partial charge in [0.25, 0.3) is 0 Å². The topological polar surface area (TPSA) is 17.1 Å². The van der Waals surface area contributed by atoms with Gasteiger partial charge in [0.15, 0.2) is 0 Å². The molecule has 0 spiro atoms. The van der Waals surface area contributed by atoms with E-state index in [1.165, 1.54) is 33.4 Å². The highest BCUT2D eigenvalue weighted by Gasteiger charge is 2.14. The lowest BCUT2D eigenvalue weighted by molar-refractivity contribution is -0.104. The quantitative estimate of drug-likeness (QED) is 0.303. The van der Waals surface area contributed by atoms with Crippen LogP contribution in [-0.4, -0.2) is 6.29 Å². The molecule has 2 rings (SSSR count). The molecule has 0 aromatic carbocycles. The van der Waals surface area contributed by atoms with Gasteiger partial charge >= 0.3 is 0 Å². The summed E-state index contributed by atoms with van der Waals surface area (Å²) in [4.78, 5) is 10.5. The minimum Gasteiger partial charge on any atom is -0.299 e. The molecule has 0 aliphatic heterocycles. The Labute approximate surface area is 164 Å². The number of aldehydes is 1. The summed E-state index contributed by atoms with van der Waals surface area (Å²) >= 11 is 0. The molecule has 0 heterocycles. The van der Waals surface area contributed by atoms with Crippen molar-refractivity contribution in [3.63, 3.8) is 0 Å². The third kappa shape index (κ3) is 5.40. The predicted molar refractivity (Wildman–Crippen MR) is 118 cm³/mol. The Kier molecular flexibility index (Phi) is 7.12. The van der Waals surface area contributed by atoms with Crippen LogP contribution in [0.15, 0.2) is 65.8 Å². The van der Waals surface area contributed by atoms with Crippen molar-refractivity contribution in [2.45, 2.75) is 47.5 Å². The first kappa shape index (κ1) is 20.6. The standard InChI is InChI=1S/C26H30O/c1-18(2)23-13-11-21(5)26-24(16-22(6)25(26)17-23)12-10-19(3)8-7-9-20(4)14-15-27/h7-18H,1-6H3/b9-7+,12-10+,19-8+,20-14+. The minimum absolute atomic E-state index is 0.516. The zero-order valence-corrected chi connectivity index (χ0v) is 17.3. The van der Waals surface area contributed by atoms with E-state index < -0.39 is 0 Å². The van der Waals surface area contributed by atoms with Gasteiger partial charge in [0.1, 0.15) is 6.29 Å². The van der Waals surface area contributed by atoms with E-state index >= 15 is 0 Å². The molecular formula is C26H30O. The number of rotatable bonds is 6. The van der Waals surface area contributed by atoms with Crippen LogP contribution < -0.4 is 0 Å². The Bertz CT molecular complexity index is 904. The molecule has 2 aliphatic carbocycles. The average molecular weight is 359 g/mol. The van der Waals surface area contributed by atoms with E-state index in [-0.39, 0.29) is 0 Å². The van der Waals surface area contributed by atoms with Crippen molar-refractivity contribution < 1.29 is 4.79 Å². The zero-order valence-electron chi connectivity index (χ0n) is 17.3. The van der Waals surface area contributed by atoms with E-state index in [1.54, 1.807) is 6.08 Å². The second-order valence-electron chi connectivity index (χ2n) is 7.54. The molecule has 0 aromatic rings. The Morgan fingerprint density at radius 3 is 2.30 bits per heavy atom. The Morgan fingerprint density at radius 1 is 0.926 bits per heavy atom. The summed E-state index contributed by atoms with van der Waals surface area (Å²) in [5.74, 6) is 0.516. The van der Waals surface area contributed by atoms with Crippen molar-refractivity contribution in [3.05, 3.63) is 88.0 Å². The van der Waals surface area contributed by atoms with Crippen LogP contribution in [0.1, 0.15) is 55.9 Å². The van der Waals surface area contributed by atoms with Crippen LogP contribution >= 0.6 is 0 Å². The molecule has 0 aromatic heterocycles. The van der Waals surface area contributed by atoms with Gasteiger partial charge in [0.2, 0.25) is 0 Å². The van der Waals surface area contributed by atoms with Crippen LogP contribution in [0, 0.1) is 13.8 Å². The van der Waals surface area contributed by atoms with E-state index in [0.29, 0.717) is 5.92 Å². The van der Waals surface area contributed by atoms with Crippen molar-refractivity contribution in [2.24, 2.45) is 0 Å². The minimum atomic E-state index is 0.516. The lowest BCUT2D eigenvalue weighted by atomic mass is 10.0. The van der Waals surface area contributed by atoms with Gasteiger partial charge in [-0.1, -0.05) is 74.1 Å². The van der Waals surface area contributed by atoms with Gasteiger partial charge in [0.05, 0.1) is 0 Å². The predicted octanol–water partition coefficient (Wildman–Crippen LogP) is 7.19. The van der Waals surface area contributed by atoms with E-state index in [0.717, 1.165) is 17.4 Å². The molecule has 0 fully saturated rings.